The van der Waals surface area contributed by atoms with E-state index in [0.29, 0.717) is 13.0 Å². The van der Waals surface area contributed by atoms with Crippen molar-refractivity contribution < 1.29 is 22.8 Å². The Hall–Kier alpha value is -3.01. The van der Waals surface area contributed by atoms with E-state index in [1.165, 1.54) is 0 Å². The van der Waals surface area contributed by atoms with Gasteiger partial charge in [-0.2, -0.15) is 0 Å². The maximum absolute atomic E-state index is 9.77. The van der Waals surface area contributed by atoms with Crippen molar-refractivity contribution in [3.63, 3.8) is 0 Å². The number of ether oxygens (including phenoxy) is 1. The molecule has 0 radical (unpaired) electrons. The summed E-state index contributed by atoms with van der Waals surface area (Å²) in [6, 6.07) is 28.9. The van der Waals surface area contributed by atoms with Gasteiger partial charge in [0.05, 0.1) is 0 Å². The highest BCUT2D eigenvalue weighted by atomic mass is 32.2. The molecule has 0 atom stereocenters. The number of likely N-dealkylation sites (N-methyl/N-ethyl adjacent to an activating group) is 1. The Morgan fingerprint density at radius 2 is 1.35 bits per heavy atom. The largest absolute Gasteiger partial charge is 0.736 e. The number of nitrogens with two attached hydrogens (primary N) is 1. The van der Waals surface area contributed by atoms with Crippen molar-refractivity contribution >= 4 is 21.5 Å². The maximum Gasteiger partial charge on any atom is 0.156 e. The van der Waals surface area contributed by atoms with Crippen LogP contribution in [0.25, 0.3) is 11.1 Å². The summed E-state index contributed by atoms with van der Waals surface area (Å²) < 4.78 is 32.4. The van der Waals surface area contributed by atoms with Gasteiger partial charge in [0.25, 0.3) is 0 Å². The Kier molecular flexibility index (Phi) is 10.9. The molecule has 3 rings (SSSR count). The molecule has 0 aliphatic rings. The van der Waals surface area contributed by atoms with Gasteiger partial charge in [0.2, 0.25) is 0 Å². The van der Waals surface area contributed by atoms with Crippen LogP contribution in [0.4, 0.5) is 0 Å². The summed E-state index contributed by atoms with van der Waals surface area (Å²) in [6.45, 7) is 1.64. The third kappa shape index (κ3) is 9.86. The third-order valence-electron chi connectivity index (χ3n) is 4.80. The van der Waals surface area contributed by atoms with Gasteiger partial charge in [-0.05, 0) is 60.5 Å². The van der Waals surface area contributed by atoms with Crippen LogP contribution in [0, 0.1) is 0 Å². The molecule has 0 fully saturated rings. The molecular formula is C26H31N2O5S-. The summed E-state index contributed by atoms with van der Waals surface area (Å²) in [6.07, 6.45) is 0.593. The van der Waals surface area contributed by atoms with E-state index in [9.17, 15) is 5.11 Å². The molecule has 34 heavy (non-hydrogen) atoms. The zero-order chi connectivity index (χ0) is 25.0. The average molecular weight is 484 g/mol. The first-order valence-electron chi connectivity index (χ1n) is 10.8. The van der Waals surface area contributed by atoms with E-state index in [1.54, 1.807) is 0 Å². The molecule has 182 valence electrons. The topological polar surface area (TPSA) is 116 Å². The number of hydrogen-bond donors (Lipinski definition) is 2. The second kappa shape index (κ2) is 13.6. The van der Waals surface area contributed by atoms with Crippen LogP contribution >= 0.6 is 0 Å². The van der Waals surface area contributed by atoms with Crippen LogP contribution in [-0.2, 0) is 10.3 Å². The minimum Gasteiger partial charge on any atom is -0.736 e. The van der Waals surface area contributed by atoms with Crippen LogP contribution < -0.4 is 9.88 Å². The fraction of sp³-hybridized carbons (Fsp3) is 0.231. The summed E-state index contributed by atoms with van der Waals surface area (Å²) in [7, 11) is -0.342. The highest BCUT2D eigenvalue weighted by Crippen LogP contribution is 2.34. The van der Waals surface area contributed by atoms with Gasteiger partial charge in [-0.25, -0.2) is 13.6 Å². The van der Waals surface area contributed by atoms with Gasteiger partial charge in [-0.1, -0.05) is 72.8 Å². The molecular weight excluding hydrogens is 452 g/mol. The van der Waals surface area contributed by atoms with Crippen LogP contribution in [0.15, 0.2) is 84.9 Å². The standard InChI is InChI=1S/C26H29NO2.H3NO3S/c1-27(2)18-20-29-24-15-13-23(14-16-24)26(22-11-7-4-8-12-22)25(17-19-28)21-9-5-3-6-10-21;1-5(2,3)4/h3-16,28H,17-20H2,1-2H3;(H3,1,2,3,4)/p-1/b26-25-;. The average Bonchev–Trinajstić information content (AvgIpc) is 2.80. The number of aliphatic hydroxyl groups is 1. The molecule has 0 aromatic heterocycles. The molecule has 0 aliphatic carbocycles. The monoisotopic (exact) mass is 483 g/mol. The molecule has 0 spiro atoms. The lowest BCUT2D eigenvalue weighted by Gasteiger charge is -2.17. The Morgan fingerprint density at radius 3 is 1.82 bits per heavy atom. The molecule has 7 nitrogen and oxygen atoms in total. The molecule has 0 saturated heterocycles. The Labute approximate surface area is 202 Å². The number of benzene rings is 3. The molecule has 3 N–H and O–H groups in total. The van der Waals surface area contributed by atoms with Gasteiger partial charge in [0, 0.05) is 13.2 Å². The van der Waals surface area contributed by atoms with E-state index in [2.05, 4.69) is 58.6 Å². The summed E-state index contributed by atoms with van der Waals surface area (Å²) in [4.78, 5) is 2.10. The van der Waals surface area contributed by atoms with Crippen molar-refractivity contribution in [3.8, 4) is 5.75 Å². The lowest BCUT2D eigenvalue weighted by Crippen LogP contribution is -2.19. The van der Waals surface area contributed by atoms with E-state index in [-0.39, 0.29) is 6.61 Å². The van der Waals surface area contributed by atoms with E-state index in [4.69, 9.17) is 17.7 Å². The van der Waals surface area contributed by atoms with Crippen molar-refractivity contribution in [2.75, 3.05) is 33.9 Å². The number of nitrogens with zero attached hydrogens (tertiary/aromatic N) is 1. The van der Waals surface area contributed by atoms with Gasteiger partial charge in [-0.3, -0.25) is 0 Å². The van der Waals surface area contributed by atoms with Gasteiger partial charge >= 0.3 is 0 Å². The second-order valence-electron chi connectivity index (χ2n) is 7.73. The molecule has 3 aromatic carbocycles. The smallest absolute Gasteiger partial charge is 0.156 e. The van der Waals surface area contributed by atoms with E-state index in [0.717, 1.165) is 40.1 Å². The molecule has 0 bridgehead atoms. The Bertz CT molecular complexity index is 1120. The minimum atomic E-state index is -4.42. The first-order chi connectivity index (χ1) is 16.2. The summed E-state index contributed by atoms with van der Waals surface area (Å²) in [5, 5.41) is 13.5. The quantitative estimate of drug-likeness (QED) is 0.356. The molecule has 0 saturated carbocycles. The molecule has 8 heteroatoms. The Morgan fingerprint density at radius 1 is 0.882 bits per heavy atom. The molecule has 0 heterocycles. The first kappa shape index (κ1) is 27.2. The van der Waals surface area contributed by atoms with Crippen molar-refractivity contribution in [3.05, 3.63) is 102 Å². The van der Waals surface area contributed by atoms with E-state index < -0.39 is 10.3 Å². The SMILES string of the molecule is CN(C)CCOc1ccc(/C(=C(/CCO)c2ccccc2)c2ccccc2)cc1.NS(=O)(=O)[O-]. The van der Waals surface area contributed by atoms with Gasteiger partial charge in [0.15, 0.2) is 10.3 Å². The predicted octanol–water partition coefficient (Wildman–Crippen LogP) is 3.37. The van der Waals surface area contributed by atoms with Crippen LogP contribution in [0.3, 0.4) is 0 Å². The third-order valence-corrected chi connectivity index (χ3v) is 4.80. The summed E-state index contributed by atoms with van der Waals surface area (Å²) in [5.74, 6) is 0.867. The normalized spacial score (nSPS) is 11.9. The highest BCUT2D eigenvalue weighted by molar-refractivity contribution is 7.83. The maximum atomic E-state index is 9.77. The number of aliphatic hydroxyl groups excluding tert-OH is 1. The van der Waals surface area contributed by atoms with Gasteiger partial charge in [-0.15, -0.1) is 0 Å². The Balaban J connectivity index is 0.000000739. The van der Waals surface area contributed by atoms with Gasteiger partial charge in [0.1, 0.15) is 12.4 Å². The lowest BCUT2D eigenvalue weighted by molar-refractivity contribution is 0.261. The summed E-state index contributed by atoms with van der Waals surface area (Å²) >= 11 is 0. The van der Waals surface area contributed by atoms with Crippen LogP contribution in [-0.4, -0.2) is 56.8 Å². The first-order valence-corrected chi connectivity index (χ1v) is 12.2. The summed E-state index contributed by atoms with van der Waals surface area (Å²) in [5.41, 5.74) is 5.67. The predicted molar refractivity (Wildman–Crippen MR) is 135 cm³/mol. The van der Waals surface area contributed by atoms with Crippen LogP contribution in [0.2, 0.25) is 0 Å². The zero-order valence-corrected chi connectivity index (χ0v) is 20.2. The van der Waals surface area contributed by atoms with E-state index >= 15 is 0 Å². The van der Waals surface area contributed by atoms with Crippen molar-refractivity contribution in [2.24, 2.45) is 5.14 Å². The van der Waals surface area contributed by atoms with Crippen LogP contribution in [0.5, 0.6) is 5.75 Å². The molecule has 0 amide bonds. The fourth-order valence-electron chi connectivity index (χ4n) is 3.35. The zero-order valence-electron chi connectivity index (χ0n) is 19.4. The van der Waals surface area contributed by atoms with Gasteiger partial charge < -0.3 is 19.3 Å². The van der Waals surface area contributed by atoms with Crippen molar-refractivity contribution in [1.82, 2.24) is 4.90 Å². The fourth-order valence-corrected chi connectivity index (χ4v) is 3.35. The molecule has 0 unspecified atom stereocenters. The molecule has 3 aromatic rings. The number of rotatable bonds is 9. The van der Waals surface area contributed by atoms with Crippen molar-refractivity contribution in [2.45, 2.75) is 6.42 Å². The second-order valence-corrected chi connectivity index (χ2v) is 8.71. The minimum absolute atomic E-state index is 0.103. The lowest BCUT2D eigenvalue weighted by atomic mass is 9.88. The number of hydrogen-bond acceptors (Lipinski definition) is 6. The van der Waals surface area contributed by atoms with E-state index in [1.807, 2.05) is 50.5 Å². The van der Waals surface area contributed by atoms with Crippen molar-refractivity contribution in [1.29, 1.82) is 0 Å². The van der Waals surface area contributed by atoms with Crippen LogP contribution in [0.1, 0.15) is 23.1 Å². The highest BCUT2D eigenvalue weighted by Gasteiger charge is 2.14. The molecule has 0 aliphatic heterocycles.